The molecule has 0 aromatic heterocycles. The van der Waals surface area contributed by atoms with Crippen molar-refractivity contribution in [3.05, 3.63) is 47.5 Å². The minimum absolute atomic E-state index is 0.0390. The van der Waals surface area contributed by atoms with Crippen LogP contribution in [0.1, 0.15) is 43.2 Å². The van der Waals surface area contributed by atoms with Crippen LogP contribution in [0.2, 0.25) is 0 Å². The van der Waals surface area contributed by atoms with Crippen LogP contribution in [0.4, 0.5) is 0 Å². The third-order valence-electron chi connectivity index (χ3n) is 6.60. The predicted molar refractivity (Wildman–Crippen MR) is 125 cm³/mol. The number of ether oxygens (including phenoxy) is 4. The maximum atomic E-state index is 14.2. The van der Waals surface area contributed by atoms with E-state index in [1.54, 1.807) is 57.6 Å². The first-order valence-electron chi connectivity index (χ1n) is 11.1. The monoisotopic (exact) mass is 453 g/mol. The van der Waals surface area contributed by atoms with Crippen LogP contribution in [0.3, 0.4) is 0 Å². The Hall–Kier alpha value is -3.42. The van der Waals surface area contributed by atoms with Gasteiger partial charge in [0.1, 0.15) is 0 Å². The lowest BCUT2D eigenvalue weighted by Gasteiger charge is -2.33. The number of amides is 1. The number of hydrogen-bond donors (Lipinski definition) is 1. The number of hydrogen-bond acceptors (Lipinski definition) is 7. The zero-order chi connectivity index (χ0) is 23.6. The molecule has 1 fully saturated rings. The van der Waals surface area contributed by atoms with Crippen LogP contribution in [0.25, 0.3) is 0 Å². The van der Waals surface area contributed by atoms with E-state index >= 15 is 0 Å². The fourth-order valence-electron chi connectivity index (χ4n) is 4.91. The van der Waals surface area contributed by atoms with Gasteiger partial charge in [0.25, 0.3) is 5.91 Å². The van der Waals surface area contributed by atoms with E-state index in [1.165, 1.54) is 6.42 Å². The minimum atomic E-state index is -1.37. The van der Waals surface area contributed by atoms with Crippen molar-refractivity contribution in [1.29, 1.82) is 0 Å². The van der Waals surface area contributed by atoms with Crippen molar-refractivity contribution < 1.29 is 23.7 Å². The second kappa shape index (κ2) is 9.21. The molecule has 1 saturated carbocycles. The van der Waals surface area contributed by atoms with E-state index in [1.807, 2.05) is 12.1 Å². The van der Waals surface area contributed by atoms with Crippen molar-refractivity contribution in [3.63, 3.8) is 0 Å². The highest BCUT2D eigenvalue weighted by molar-refractivity contribution is 6.09. The van der Waals surface area contributed by atoms with Crippen molar-refractivity contribution in [3.8, 4) is 23.0 Å². The molecule has 1 heterocycles. The Labute approximate surface area is 194 Å². The van der Waals surface area contributed by atoms with Gasteiger partial charge >= 0.3 is 0 Å². The van der Waals surface area contributed by atoms with Gasteiger partial charge in [-0.25, -0.2) is 4.99 Å². The van der Waals surface area contributed by atoms with E-state index in [2.05, 4.69) is 0 Å². The maximum Gasteiger partial charge on any atom is 0.266 e. The Balaban J connectivity index is 1.92. The normalized spacial score (nSPS) is 18.1. The van der Waals surface area contributed by atoms with Gasteiger partial charge < -0.3 is 24.7 Å². The molecule has 0 unspecified atom stereocenters. The quantitative estimate of drug-likeness (QED) is 0.690. The highest BCUT2D eigenvalue weighted by Gasteiger charge is 2.53. The van der Waals surface area contributed by atoms with Crippen LogP contribution in [-0.2, 0) is 10.3 Å². The highest BCUT2D eigenvalue weighted by Crippen LogP contribution is 2.46. The van der Waals surface area contributed by atoms with Crippen molar-refractivity contribution in [2.45, 2.75) is 43.7 Å². The molecule has 1 amide bonds. The van der Waals surface area contributed by atoms with Crippen LogP contribution >= 0.6 is 0 Å². The van der Waals surface area contributed by atoms with Crippen molar-refractivity contribution >= 4 is 11.9 Å². The van der Waals surface area contributed by atoms with Crippen LogP contribution in [-0.4, -0.2) is 51.2 Å². The van der Waals surface area contributed by atoms with E-state index in [4.69, 9.17) is 29.7 Å². The highest BCUT2D eigenvalue weighted by atomic mass is 16.5. The van der Waals surface area contributed by atoms with Gasteiger partial charge in [0.2, 0.25) is 0 Å². The molecule has 0 saturated heterocycles. The standard InChI is InChI=1S/C25H31N3O5/c1-30-19-12-10-16(14-21(19)32-3)25(17-11-13-20(31-2)22(15-17)33-4)23(29)28(24(26)27-25)18-8-6-5-7-9-18/h10-15,18H,5-9H2,1-4H3,(H2,26,27). The summed E-state index contributed by atoms with van der Waals surface area (Å²) < 4.78 is 21.9. The molecular formula is C25H31N3O5. The SMILES string of the molecule is COc1ccc(C2(c3ccc(OC)c(OC)c3)N=C(N)N(C3CCCCC3)C2=O)cc1OC. The molecule has 2 aromatic carbocycles. The second-order valence-electron chi connectivity index (χ2n) is 8.29. The fourth-order valence-corrected chi connectivity index (χ4v) is 4.91. The molecule has 0 spiro atoms. The van der Waals surface area contributed by atoms with E-state index in [0.717, 1.165) is 25.7 Å². The average molecular weight is 454 g/mol. The molecule has 176 valence electrons. The van der Waals surface area contributed by atoms with Gasteiger partial charge in [0, 0.05) is 6.04 Å². The lowest BCUT2D eigenvalue weighted by Crippen LogP contribution is -2.49. The Morgan fingerprint density at radius 3 is 1.76 bits per heavy atom. The Morgan fingerprint density at radius 1 is 0.818 bits per heavy atom. The summed E-state index contributed by atoms with van der Waals surface area (Å²) in [5, 5.41) is 0. The predicted octanol–water partition coefficient (Wildman–Crippen LogP) is 3.45. The molecule has 4 rings (SSSR count). The lowest BCUT2D eigenvalue weighted by atomic mass is 9.81. The zero-order valence-electron chi connectivity index (χ0n) is 19.6. The molecule has 8 heteroatoms. The van der Waals surface area contributed by atoms with Gasteiger partial charge in [-0.3, -0.25) is 9.69 Å². The number of rotatable bonds is 7. The third kappa shape index (κ3) is 3.73. The van der Waals surface area contributed by atoms with E-state index in [9.17, 15) is 4.79 Å². The molecule has 8 nitrogen and oxygen atoms in total. The van der Waals surface area contributed by atoms with Gasteiger partial charge in [0.15, 0.2) is 34.5 Å². The Bertz CT molecular complexity index is 1010. The van der Waals surface area contributed by atoms with Gasteiger partial charge in [-0.15, -0.1) is 0 Å². The summed E-state index contributed by atoms with van der Waals surface area (Å²) in [6, 6.07) is 10.8. The number of nitrogens with zero attached hydrogens (tertiary/aromatic N) is 2. The molecule has 2 aromatic rings. The first-order valence-corrected chi connectivity index (χ1v) is 11.1. The second-order valence-corrected chi connectivity index (χ2v) is 8.29. The number of carbonyl (C=O) groups excluding carboxylic acids is 1. The summed E-state index contributed by atoms with van der Waals surface area (Å²) in [6.45, 7) is 0. The van der Waals surface area contributed by atoms with Crippen molar-refractivity contribution in [1.82, 2.24) is 4.90 Å². The molecule has 33 heavy (non-hydrogen) atoms. The number of methoxy groups -OCH3 is 4. The molecule has 2 N–H and O–H groups in total. The van der Waals surface area contributed by atoms with E-state index < -0.39 is 5.54 Å². The van der Waals surface area contributed by atoms with Crippen molar-refractivity contribution in [2.24, 2.45) is 10.7 Å². The van der Waals surface area contributed by atoms with Crippen LogP contribution < -0.4 is 24.7 Å². The summed E-state index contributed by atoms with van der Waals surface area (Å²) in [7, 11) is 6.27. The molecule has 2 aliphatic rings. The van der Waals surface area contributed by atoms with Gasteiger partial charge in [-0.2, -0.15) is 0 Å². The fraction of sp³-hybridized carbons (Fsp3) is 0.440. The number of nitrogens with two attached hydrogens (primary N) is 1. The maximum absolute atomic E-state index is 14.2. The number of guanidine groups is 1. The summed E-state index contributed by atoms with van der Waals surface area (Å²) in [6.07, 6.45) is 5.14. The summed E-state index contributed by atoms with van der Waals surface area (Å²) >= 11 is 0. The zero-order valence-corrected chi connectivity index (χ0v) is 19.6. The average Bonchev–Trinajstić information content (AvgIpc) is 3.14. The van der Waals surface area contributed by atoms with Gasteiger partial charge in [-0.1, -0.05) is 31.4 Å². The first kappa shape index (κ1) is 22.8. The number of carbonyl (C=O) groups is 1. The Morgan fingerprint density at radius 2 is 1.30 bits per heavy atom. The number of aliphatic imine (C=N–C) groups is 1. The molecule has 0 atom stereocenters. The third-order valence-corrected chi connectivity index (χ3v) is 6.60. The molecule has 0 bridgehead atoms. The van der Waals surface area contributed by atoms with Crippen LogP contribution in [0.15, 0.2) is 41.4 Å². The van der Waals surface area contributed by atoms with Crippen molar-refractivity contribution in [2.75, 3.05) is 28.4 Å². The molecule has 0 radical (unpaired) electrons. The van der Waals surface area contributed by atoms with Gasteiger partial charge in [0.05, 0.1) is 28.4 Å². The summed E-state index contributed by atoms with van der Waals surface area (Å²) in [4.78, 5) is 20.8. The van der Waals surface area contributed by atoms with E-state index in [0.29, 0.717) is 34.1 Å². The van der Waals surface area contributed by atoms with Crippen LogP contribution in [0.5, 0.6) is 23.0 Å². The molecule has 1 aliphatic carbocycles. The van der Waals surface area contributed by atoms with E-state index in [-0.39, 0.29) is 17.9 Å². The van der Waals surface area contributed by atoms with Gasteiger partial charge in [-0.05, 0) is 48.2 Å². The largest absolute Gasteiger partial charge is 0.493 e. The summed E-state index contributed by atoms with van der Waals surface area (Å²) in [5.41, 5.74) is 6.35. The molecule has 1 aliphatic heterocycles. The topological polar surface area (TPSA) is 95.6 Å². The minimum Gasteiger partial charge on any atom is -0.493 e. The van der Waals surface area contributed by atoms with Crippen LogP contribution in [0, 0.1) is 0 Å². The Kier molecular flexibility index (Phi) is 6.35. The number of benzene rings is 2. The lowest BCUT2D eigenvalue weighted by molar-refractivity contribution is -0.132. The first-order chi connectivity index (χ1) is 16.0. The molecular weight excluding hydrogens is 422 g/mol. The summed E-state index contributed by atoms with van der Waals surface area (Å²) in [5.74, 6) is 2.20. The smallest absolute Gasteiger partial charge is 0.266 e.